The molecule has 0 aliphatic carbocycles. The topological polar surface area (TPSA) is 137 Å². The summed E-state index contributed by atoms with van der Waals surface area (Å²) in [6.07, 6.45) is 8.00. The van der Waals surface area contributed by atoms with Crippen LogP contribution in [0, 0.1) is 5.41 Å². The molecule has 2 saturated heterocycles. The van der Waals surface area contributed by atoms with Crippen LogP contribution in [-0.2, 0) is 21.3 Å². The first kappa shape index (κ1) is 28.2. The van der Waals surface area contributed by atoms with Crippen molar-refractivity contribution in [1.82, 2.24) is 23.8 Å². The van der Waals surface area contributed by atoms with Gasteiger partial charge in [-0.1, -0.05) is 23.4 Å². The van der Waals surface area contributed by atoms with E-state index in [2.05, 4.69) is 19.9 Å². The van der Waals surface area contributed by atoms with Gasteiger partial charge < -0.3 is 15.4 Å². The van der Waals surface area contributed by atoms with Crippen molar-refractivity contribution < 1.29 is 13.2 Å². The third-order valence-electron chi connectivity index (χ3n) is 7.88. The maximum atomic E-state index is 13.2. The average Bonchev–Trinajstić information content (AvgIpc) is 3.18. The summed E-state index contributed by atoms with van der Waals surface area (Å²) in [4.78, 5) is 29.6. The van der Waals surface area contributed by atoms with Crippen molar-refractivity contribution in [3.8, 4) is 0 Å². The molecule has 39 heavy (non-hydrogen) atoms. The number of anilines is 1. The molecular formula is C25H32ClN7O4S2. The molecule has 0 saturated carbocycles. The Hall–Kier alpha value is -2.29. The molecule has 0 bridgehead atoms. The Morgan fingerprint density at radius 3 is 2.59 bits per heavy atom. The van der Waals surface area contributed by atoms with Gasteiger partial charge in [0.15, 0.2) is 0 Å². The number of nitrogens with zero attached hydrogens (tertiary/aromatic N) is 6. The SMILES string of the molecule is C[C@@H]1OCC2(CCN(c3cnc(Sc4ccc5ncn(CCN(C)S(C)(=O)=O)c(=O)c5c4Cl)cn3)CC2)[C@@H]1N. The molecule has 11 nitrogen and oxygen atoms in total. The fourth-order valence-electron chi connectivity index (χ4n) is 5.13. The Morgan fingerprint density at radius 2 is 1.97 bits per heavy atom. The third-order valence-corrected chi connectivity index (χ3v) is 10.7. The lowest BCUT2D eigenvalue weighted by atomic mass is 9.73. The number of halogens is 1. The van der Waals surface area contributed by atoms with E-state index in [9.17, 15) is 13.2 Å². The van der Waals surface area contributed by atoms with Gasteiger partial charge in [0.2, 0.25) is 10.0 Å². The van der Waals surface area contributed by atoms with Crippen LogP contribution in [0.2, 0.25) is 5.02 Å². The van der Waals surface area contributed by atoms with E-state index in [0.717, 1.165) is 44.6 Å². The number of likely N-dealkylation sites (N-methyl/N-ethyl adjacent to an activating group) is 1. The van der Waals surface area contributed by atoms with Gasteiger partial charge in [-0.05, 0) is 31.9 Å². The standard InChI is InChI=1S/C25H32ClN7O4S2/c1-16-23(27)25(14-37-16)6-8-32(9-7-25)19-12-29-20(13-28-19)38-18-5-4-17-21(22(18)26)24(34)33(15-30-17)11-10-31(2)39(3,35)36/h4-5,12-13,15-16,23H,6-11,14,27H2,1-3H3/t16-,23+/m0/s1. The summed E-state index contributed by atoms with van der Waals surface area (Å²) >= 11 is 8.00. The highest BCUT2D eigenvalue weighted by molar-refractivity contribution is 7.99. The first-order valence-corrected chi connectivity index (χ1v) is 15.7. The fraction of sp³-hybridized carbons (Fsp3) is 0.520. The number of ether oxygens (including phenoxy) is 1. The second-order valence-corrected chi connectivity index (χ2v) is 13.8. The number of benzene rings is 1. The van der Waals surface area contributed by atoms with Gasteiger partial charge in [-0.25, -0.2) is 27.7 Å². The summed E-state index contributed by atoms with van der Waals surface area (Å²) in [7, 11) is -1.89. The van der Waals surface area contributed by atoms with Crippen molar-refractivity contribution in [3.63, 3.8) is 0 Å². The molecule has 2 N–H and O–H groups in total. The minimum absolute atomic E-state index is 0.0447. The predicted octanol–water partition coefficient (Wildman–Crippen LogP) is 2.22. The maximum absolute atomic E-state index is 13.2. The van der Waals surface area contributed by atoms with Gasteiger partial charge in [0.1, 0.15) is 10.8 Å². The smallest absolute Gasteiger partial charge is 0.262 e. The average molecular weight is 594 g/mol. The fourth-order valence-corrected chi connectivity index (χ4v) is 6.66. The third kappa shape index (κ3) is 5.66. The lowest BCUT2D eigenvalue weighted by Gasteiger charge is -2.41. The number of fused-ring (bicyclic) bond motifs is 1. The molecule has 5 rings (SSSR count). The predicted molar refractivity (Wildman–Crippen MR) is 152 cm³/mol. The van der Waals surface area contributed by atoms with E-state index in [1.54, 1.807) is 24.5 Å². The van der Waals surface area contributed by atoms with Gasteiger partial charge in [-0.2, -0.15) is 0 Å². The molecule has 3 aromatic rings. The monoisotopic (exact) mass is 593 g/mol. The van der Waals surface area contributed by atoms with Crippen LogP contribution in [-0.4, -0.2) is 83.9 Å². The second-order valence-electron chi connectivity index (χ2n) is 10.3. The van der Waals surface area contributed by atoms with Crippen LogP contribution in [0.4, 0.5) is 5.82 Å². The van der Waals surface area contributed by atoms with Crippen LogP contribution in [0.15, 0.2) is 45.6 Å². The summed E-state index contributed by atoms with van der Waals surface area (Å²) in [6.45, 7) is 4.75. The van der Waals surface area contributed by atoms with Gasteiger partial charge in [0.25, 0.3) is 5.56 Å². The van der Waals surface area contributed by atoms with Crippen molar-refractivity contribution in [2.45, 2.75) is 48.4 Å². The number of aromatic nitrogens is 4. The van der Waals surface area contributed by atoms with Crippen molar-refractivity contribution in [2.24, 2.45) is 11.1 Å². The molecule has 4 heterocycles. The van der Waals surface area contributed by atoms with E-state index in [0.29, 0.717) is 15.4 Å². The number of piperidine rings is 1. The van der Waals surface area contributed by atoms with E-state index in [1.807, 2.05) is 6.92 Å². The number of sulfonamides is 1. The van der Waals surface area contributed by atoms with E-state index in [1.165, 1.54) is 34.0 Å². The summed E-state index contributed by atoms with van der Waals surface area (Å²) in [6, 6.07) is 3.60. The quantitative estimate of drug-likeness (QED) is 0.434. The van der Waals surface area contributed by atoms with Crippen LogP contribution < -0.4 is 16.2 Å². The van der Waals surface area contributed by atoms with Crippen LogP contribution in [0.1, 0.15) is 19.8 Å². The van der Waals surface area contributed by atoms with Gasteiger partial charge >= 0.3 is 0 Å². The molecule has 210 valence electrons. The number of nitrogens with two attached hydrogens (primary N) is 1. The highest BCUT2D eigenvalue weighted by Crippen LogP contribution is 2.42. The Balaban J connectivity index is 1.29. The summed E-state index contributed by atoms with van der Waals surface area (Å²) < 4.78 is 31.7. The van der Waals surface area contributed by atoms with E-state index in [-0.39, 0.29) is 46.6 Å². The Labute approximate surface area is 236 Å². The largest absolute Gasteiger partial charge is 0.376 e. The van der Waals surface area contributed by atoms with Gasteiger partial charge in [-0.3, -0.25) is 9.36 Å². The first-order valence-electron chi connectivity index (χ1n) is 12.7. The number of hydrogen-bond acceptors (Lipinski definition) is 10. The molecule has 1 spiro atoms. The van der Waals surface area contributed by atoms with E-state index < -0.39 is 10.0 Å². The highest BCUT2D eigenvalue weighted by atomic mass is 35.5. The molecule has 1 aromatic carbocycles. The normalized spacial score (nSPS) is 21.3. The summed E-state index contributed by atoms with van der Waals surface area (Å²) in [5, 5.41) is 1.20. The molecule has 14 heteroatoms. The highest BCUT2D eigenvalue weighted by Gasteiger charge is 2.47. The van der Waals surface area contributed by atoms with Crippen LogP contribution in [0.3, 0.4) is 0 Å². The first-order chi connectivity index (χ1) is 18.5. The van der Waals surface area contributed by atoms with Crippen LogP contribution in [0.25, 0.3) is 10.9 Å². The Kier molecular flexibility index (Phi) is 7.92. The Morgan fingerprint density at radius 1 is 1.23 bits per heavy atom. The number of hydrogen-bond donors (Lipinski definition) is 1. The molecule has 2 fully saturated rings. The molecule has 2 aliphatic rings. The molecule has 2 atom stereocenters. The zero-order valence-electron chi connectivity index (χ0n) is 22.1. The van der Waals surface area contributed by atoms with Crippen molar-refractivity contribution in [3.05, 3.63) is 46.2 Å². The lowest BCUT2D eigenvalue weighted by Crippen LogP contribution is -2.50. The van der Waals surface area contributed by atoms with Crippen LogP contribution >= 0.6 is 23.4 Å². The minimum atomic E-state index is -3.36. The minimum Gasteiger partial charge on any atom is -0.376 e. The number of rotatable bonds is 7. The molecule has 0 amide bonds. The van der Waals surface area contributed by atoms with Crippen molar-refractivity contribution in [1.29, 1.82) is 0 Å². The van der Waals surface area contributed by atoms with E-state index >= 15 is 0 Å². The second kappa shape index (κ2) is 10.9. The molecular weight excluding hydrogens is 562 g/mol. The maximum Gasteiger partial charge on any atom is 0.262 e. The van der Waals surface area contributed by atoms with Gasteiger partial charge in [0, 0.05) is 49.6 Å². The lowest BCUT2D eigenvalue weighted by molar-refractivity contribution is 0.0974. The molecule has 2 aromatic heterocycles. The van der Waals surface area contributed by atoms with Crippen LogP contribution in [0.5, 0.6) is 0 Å². The van der Waals surface area contributed by atoms with Gasteiger partial charge in [-0.15, -0.1) is 0 Å². The molecule has 2 aliphatic heterocycles. The van der Waals surface area contributed by atoms with Crippen molar-refractivity contribution >= 4 is 50.1 Å². The molecule has 0 unspecified atom stereocenters. The zero-order chi connectivity index (χ0) is 27.9. The molecule has 0 radical (unpaired) electrons. The zero-order valence-corrected chi connectivity index (χ0v) is 24.5. The van der Waals surface area contributed by atoms with Crippen molar-refractivity contribution in [2.75, 3.05) is 44.4 Å². The summed E-state index contributed by atoms with van der Waals surface area (Å²) in [5.74, 6) is 0.811. The van der Waals surface area contributed by atoms with Gasteiger partial charge in [0.05, 0.1) is 53.6 Å². The Bertz CT molecular complexity index is 1530. The van der Waals surface area contributed by atoms with E-state index in [4.69, 9.17) is 22.1 Å². The summed E-state index contributed by atoms with van der Waals surface area (Å²) in [5.41, 5.74) is 6.62.